The Morgan fingerprint density at radius 3 is 2.77 bits per heavy atom. The summed E-state index contributed by atoms with van der Waals surface area (Å²) in [6, 6.07) is 18.2. The zero-order valence-corrected chi connectivity index (χ0v) is 19.0. The summed E-state index contributed by atoms with van der Waals surface area (Å²) in [5.74, 6) is 0.939. The van der Waals surface area contributed by atoms with Crippen molar-refractivity contribution in [3.8, 4) is 5.75 Å². The molecule has 0 fully saturated rings. The Hall–Kier alpha value is -2.67. The van der Waals surface area contributed by atoms with E-state index in [1.807, 2.05) is 50.4 Å². The molecule has 3 aromatic rings. The first-order valence-corrected chi connectivity index (χ1v) is 11.2. The highest BCUT2D eigenvalue weighted by molar-refractivity contribution is 7.97. The maximum atomic E-state index is 11.1. The van der Waals surface area contributed by atoms with Crippen molar-refractivity contribution < 1.29 is 9.84 Å². The van der Waals surface area contributed by atoms with Gasteiger partial charge >= 0.3 is 0 Å². The summed E-state index contributed by atoms with van der Waals surface area (Å²) in [6.45, 7) is 6.32. The van der Waals surface area contributed by atoms with Gasteiger partial charge in [0.25, 0.3) is 0 Å². The standard InChI is InChI=1S/C25H29N3O2S/c1-16-8-9-18(25(29)20-10-11-21(27-3)24(26)17(20)2)14-19(16)15-28-12-13-30-22-6-4-5-7-23(22)31-28/h4-11,14,25,27,29H,12-13,15,26H2,1-3H3. The maximum Gasteiger partial charge on any atom is 0.134 e. The van der Waals surface area contributed by atoms with Crippen LogP contribution in [0.3, 0.4) is 0 Å². The summed E-state index contributed by atoms with van der Waals surface area (Å²) < 4.78 is 8.20. The number of hydrogen-bond acceptors (Lipinski definition) is 6. The Morgan fingerprint density at radius 2 is 1.97 bits per heavy atom. The molecule has 4 rings (SSSR count). The van der Waals surface area contributed by atoms with Gasteiger partial charge in [0.1, 0.15) is 18.5 Å². The van der Waals surface area contributed by atoms with E-state index in [4.69, 9.17) is 10.5 Å². The molecule has 0 saturated carbocycles. The second-order valence-corrected chi connectivity index (χ2v) is 8.97. The maximum absolute atomic E-state index is 11.1. The van der Waals surface area contributed by atoms with Crippen LogP contribution in [0.5, 0.6) is 5.75 Å². The predicted octanol–water partition coefficient (Wildman–Crippen LogP) is 4.91. The van der Waals surface area contributed by atoms with E-state index in [-0.39, 0.29) is 0 Å². The zero-order chi connectivity index (χ0) is 22.0. The lowest BCUT2D eigenvalue weighted by Gasteiger charge is -2.22. The van der Waals surface area contributed by atoms with Crippen molar-refractivity contribution in [2.24, 2.45) is 0 Å². The number of ether oxygens (including phenoxy) is 1. The van der Waals surface area contributed by atoms with Gasteiger partial charge in [-0.2, -0.15) is 0 Å². The Morgan fingerprint density at radius 1 is 1.16 bits per heavy atom. The minimum atomic E-state index is -0.728. The summed E-state index contributed by atoms with van der Waals surface area (Å²) in [5.41, 5.74) is 12.8. The third kappa shape index (κ3) is 4.51. The van der Waals surface area contributed by atoms with Gasteiger partial charge in [0, 0.05) is 20.1 Å². The first kappa shape index (κ1) is 21.6. The summed E-state index contributed by atoms with van der Waals surface area (Å²) >= 11 is 1.72. The van der Waals surface area contributed by atoms with Crippen LogP contribution in [0.25, 0.3) is 0 Å². The van der Waals surface area contributed by atoms with E-state index in [2.05, 4.69) is 34.7 Å². The van der Waals surface area contributed by atoms with E-state index >= 15 is 0 Å². The molecule has 31 heavy (non-hydrogen) atoms. The topological polar surface area (TPSA) is 70.8 Å². The van der Waals surface area contributed by atoms with Crippen molar-refractivity contribution in [3.63, 3.8) is 0 Å². The number of para-hydroxylation sites is 1. The van der Waals surface area contributed by atoms with Crippen LogP contribution in [-0.4, -0.2) is 29.6 Å². The lowest BCUT2D eigenvalue weighted by Crippen LogP contribution is -2.20. The SMILES string of the molecule is CNc1ccc(C(O)c2ccc(C)c(CN3CCOc4ccccc4S3)c2)c(C)c1N. The highest BCUT2D eigenvalue weighted by atomic mass is 32.2. The van der Waals surface area contributed by atoms with E-state index in [1.54, 1.807) is 11.9 Å². The Balaban J connectivity index is 1.58. The smallest absolute Gasteiger partial charge is 0.134 e. The summed E-state index contributed by atoms with van der Waals surface area (Å²) in [6.07, 6.45) is -0.728. The van der Waals surface area contributed by atoms with Crippen molar-refractivity contribution in [3.05, 3.63) is 82.4 Å². The molecule has 5 nitrogen and oxygen atoms in total. The molecule has 6 heteroatoms. The number of aliphatic hydroxyl groups is 1. The monoisotopic (exact) mass is 435 g/mol. The molecule has 4 N–H and O–H groups in total. The van der Waals surface area contributed by atoms with Crippen LogP contribution in [0.1, 0.15) is 33.9 Å². The fourth-order valence-corrected chi connectivity index (χ4v) is 4.86. The largest absolute Gasteiger partial charge is 0.491 e. The number of benzene rings is 3. The third-order valence-electron chi connectivity index (χ3n) is 5.83. The molecule has 0 saturated heterocycles. The van der Waals surface area contributed by atoms with Crippen molar-refractivity contribution >= 4 is 23.3 Å². The van der Waals surface area contributed by atoms with Crippen molar-refractivity contribution in [1.82, 2.24) is 4.31 Å². The number of hydrogen-bond donors (Lipinski definition) is 3. The number of fused-ring (bicyclic) bond motifs is 1. The molecule has 1 heterocycles. The van der Waals surface area contributed by atoms with E-state index < -0.39 is 6.10 Å². The van der Waals surface area contributed by atoms with Crippen LogP contribution in [0, 0.1) is 13.8 Å². The van der Waals surface area contributed by atoms with Gasteiger partial charge in [0.15, 0.2) is 0 Å². The molecular weight excluding hydrogens is 406 g/mol. The van der Waals surface area contributed by atoms with Gasteiger partial charge in [0.2, 0.25) is 0 Å². The Labute approximate surface area is 188 Å². The van der Waals surface area contributed by atoms with Crippen LogP contribution >= 0.6 is 11.9 Å². The quantitative estimate of drug-likeness (QED) is 0.391. The molecular formula is C25H29N3O2S. The van der Waals surface area contributed by atoms with E-state index in [0.29, 0.717) is 12.3 Å². The van der Waals surface area contributed by atoms with Crippen LogP contribution in [0.2, 0.25) is 0 Å². The van der Waals surface area contributed by atoms with Crippen LogP contribution < -0.4 is 15.8 Å². The van der Waals surface area contributed by atoms with Crippen molar-refractivity contribution in [2.45, 2.75) is 31.4 Å². The van der Waals surface area contributed by atoms with Gasteiger partial charge in [0.05, 0.1) is 16.3 Å². The first-order valence-electron chi connectivity index (χ1n) is 10.5. The fraction of sp³-hybridized carbons (Fsp3) is 0.280. The summed E-state index contributed by atoms with van der Waals surface area (Å²) in [4.78, 5) is 1.13. The van der Waals surface area contributed by atoms with Gasteiger partial charge in [-0.3, -0.25) is 0 Å². The van der Waals surface area contributed by atoms with Gasteiger partial charge < -0.3 is 20.9 Å². The van der Waals surface area contributed by atoms with E-state index in [0.717, 1.165) is 46.1 Å². The minimum Gasteiger partial charge on any atom is -0.491 e. The molecule has 0 aromatic heterocycles. The molecule has 0 spiro atoms. The second kappa shape index (κ2) is 9.22. The van der Waals surface area contributed by atoms with Crippen LogP contribution in [0.4, 0.5) is 11.4 Å². The highest BCUT2D eigenvalue weighted by Crippen LogP contribution is 2.36. The Kier molecular flexibility index (Phi) is 6.41. The molecule has 0 amide bonds. The summed E-state index contributed by atoms with van der Waals surface area (Å²) in [7, 11) is 1.85. The molecule has 1 aliphatic rings. The molecule has 162 valence electrons. The van der Waals surface area contributed by atoms with E-state index in [9.17, 15) is 5.11 Å². The van der Waals surface area contributed by atoms with E-state index in [1.165, 1.54) is 11.1 Å². The lowest BCUT2D eigenvalue weighted by atomic mass is 9.93. The number of nitrogens with one attached hydrogen (secondary N) is 1. The minimum absolute atomic E-state index is 0.654. The number of nitrogen functional groups attached to an aromatic ring is 1. The van der Waals surface area contributed by atoms with Crippen LogP contribution in [-0.2, 0) is 6.54 Å². The van der Waals surface area contributed by atoms with Crippen LogP contribution in [0.15, 0.2) is 59.5 Å². The number of nitrogens with zero attached hydrogens (tertiary/aromatic N) is 1. The van der Waals surface area contributed by atoms with Gasteiger partial charge in [-0.25, -0.2) is 4.31 Å². The average Bonchev–Trinajstić information content (AvgIpc) is 2.98. The number of nitrogens with two attached hydrogens (primary N) is 1. The van der Waals surface area contributed by atoms with Crippen molar-refractivity contribution in [2.75, 3.05) is 31.2 Å². The number of anilines is 2. The number of aryl methyl sites for hydroxylation is 1. The molecule has 1 aliphatic heterocycles. The molecule has 3 aromatic carbocycles. The first-order chi connectivity index (χ1) is 15.0. The third-order valence-corrected chi connectivity index (χ3v) is 6.93. The van der Waals surface area contributed by atoms with Crippen molar-refractivity contribution in [1.29, 1.82) is 0 Å². The molecule has 0 radical (unpaired) electrons. The molecule has 0 bridgehead atoms. The predicted molar refractivity (Wildman–Crippen MR) is 129 cm³/mol. The highest BCUT2D eigenvalue weighted by Gasteiger charge is 2.20. The molecule has 1 atom stereocenters. The molecule has 1 unspecified atom stereocenters. The normalized spacial score (nSPS) is 15.0. The number of rotatable bonds is 5. The average molecular weight is 436 g/mol. The lowest BCUT2D eigenvalue weighted by molar-refractivity contribution is 0.219. The zero-order valence-electron chi connectivity index (χ0n) is 18.2. The van der Waals surface area contributed by atoms with Gasteiger partial charge in [-0.15, -0.1) is 0 Å². The Bertz CT molecular complexity index is 1090. The summed E-state index contributed by atoms with van der Waals surface area (Å²) in [5, 5.41) is 14.2. The number of aliphatic hydroxyl groups excluding tert-OH is 1. The fourth-order valence-electron chi connectivity index (χ4n) is 3.86. The molecule has 0 aliphatic carbocycles. The van der Waals surface area contributed by atoms with Gasteiger partial charge in [-0.1, -0.05) is 36.4 Å². The second-order valence-electron chi connectivity index (χ2n) is 7.83. The van der Waals surface area contributed by atoms with Gasteiger partial charge in [-0.05, 0) is 71.8 Å².